The molecule has 1 saturated heterocycles. The molecule has 1 unspecified atom stereocenters. The van der Waals surface area contributed by atoms with Gasteiger partial charge in [0.05, 0.1) is 10.8 Å². The Morgan fingerprint density at radius 2 is 1.33 bits per heavy atom. The van der Waals surface area contributed by atoms with E-state index in [9.17, 15) is 9.59 Å². The molecule has 2 aliphatic rings. The Bertz CT molecular complexity index is 1570. The number of hydrogen-bond acceptors (Lipinski definition) is 7. The molecule has 2 heterocycles. The van der Waals surface area contributed by atoms with E-state index in [1.165, 1.54) is 19.3 Å². The number of likely N-dealkylation sites (tertiary alicyclic amines) is 1. The summed E-state index contributed by atoms with van der Waals surface area (Å²) in [7, 11) is 0. The minimum atomic E-state index is -0.893. The standard InChI is InChI=1S/C39H47NO6/c1-37(2,3)35(41)44-31-16-11-27(12-17-31)33-25-28-13-18-32(45-36(42)38(4,5)6)26-34(28)46-39(33,7)29-14-19-30(20-15-29)43-24-23-40-21-9-8-10-22-40/h11-20,25-26H,8-10,21-24H2,1-7H3. The lowest BCUT2D eigenvalue weighted by Gasteiger charge is -2.38. The highest BCUT2D eigenvalue weighted by atomic mass is 16.5. The first-order chi connectivity index (χ1) is 21.7. The number of nitrogens with zero attached hydrogens (tertiary/aromatic N) is 1. The lowest BCUT2D eigenvalue weighted by molar-refractivity contribution is -0.143. The summed E-state index contributed by atoms with van der Waals surface area (Å²) in [6, 6.07) is 21.0. The zero-order chi connectivity index (χ0) is 33.1. The quantitative estimate of drug-likeness (QED) is 0.184. The third-order valence-corrected chi connectivity index (χ3v) is 8.45. The smallest absolute Gasteiger partial charge is 0.316 e. The van der Waals surface area contributed by atoms with Gasteiger partial charge in [-0.3, -0.25) is 14.5 Å². The third kappa shape index (κ3) is 7.81. The highest BCUT2D eigenvalue weighted by Crippen LogP contribution is 2.48. The molecule has 0 radical (unpaired) electrons. The van der Waals surface area contributed by atoms with Crippen molar-refractivity contribution >= 4 is 23.6 Å². The highest BCUT2D eigenvalue weighted by Gasteiger charge is 2.38. The molecular weight excluding hydrogens is 578 g/mol. The van der Waals surface area contributed by atoms with Crippen molar-refractivity contribution in [3.8, 4) is 23.0 Å². The van der Waals surface area contributed by atoms with Crippen LogP contribution in [0.5, 0.6) is 23.0 Å². The summed E-state index contributed by atoms with van der Waals surface area (Å²) in [5, 5.41) is 0. The van der Waals surface area contributed by atoms with Crippen molar-refractivity contribution in [2.24, 2.45) is 10.8 Å². The number of carbonyl (C=O) groups is 2. The number of carbonyl (C=O) groups excluding carboxylic acids is 2. The van der Waals surface area contributed by atoms with Crippen LogP contribution in [0.25, 0.3) is 11.6 Å². The van der Waals surface area contributed by atoms with Gasteiger partial charge in [-0.25, -0.2) is 0 Å². The van der Waals surface area contributed by atoms with Crippen molar-refractivity contribution in [1.82, 2.24) is 4.90 Å². The fraction of sp³-hybridized carbons (Fsp3) is 0.436. The average Bonchev–Trinajstić information content (AvgIpc) is 3.01. The van der Waals surface area contributed by atoms with Gasteiger partial charge in [-0.1, -0.05) is 30.7 Å². The molecule has 1 fully saturated rings. The lowest BCUT2D eigenvalue weighted by atomic mass is 9.80. The van der Waals surface area contributed by atoms with Crippen LogP contribution in [0.4, 0.5) is 0 Å². The first-order valence-corrected chi connectivity index (χ1v) is 16.3. The molecule has 7 nitrogen and oxygen atoms in total. The summed E-state index contributed by atoms with van der Waals surface area (Å²) >= 11 is 0. The molecule has 46 heavy (non-hydrogen) atoms. The van der Waals surface area contributed by atoms with Crippen LogP contribution in [-0.2, 0) is 15.2 Å². The summed E-state index contributed by atoms with van der Waals surface area (Å²) in [4.78, 5) is 27.5. The van der Waals surface area contributed by atoms with Gasteiger partial charge >= 0.3 is 11.9 Å². The Morgan fingerprint density at radius 1 is 0.761 bits per heavy atom. The fourth-order valence-electron chi connectivity index (χ4n) is 5.49. The van der Waals surface area contributed by atoms with Gasteiger partial charge in [0.15, 0.2) is 5.60 Å². The lowest BCUT2D eigenvalue weighted by Crippen LogP contribution is -2.33. The van der Waals surface area contributed by atoms with E-state index in [4.69, 9.17) is 18.9 Å². The molecule has 244 valence electrons. The Kier molecular flexibility index (Phi) is 9.64. The van der Waals surface area contributed by atoms with Crippen molar-refractivity contribution in [1.29, 1.82) is 0 Å². The fourth-order valence-corrected chi connectivity index (χ4v) is 5.49. The van der Waals surface area contributed by atoms with Crippen molar-refractivity contribution in [3.05, 3.63) is 83.4 Å². The summed E-state index contributed by atoms with van der Waals surface area (Å²) in [5.74, 6) is 1.74. The van der Waals surface area contributed by atoms with Crippen LogP contribution in [0.1, 0.15) is 84.4 Å². The number of piperidine rings is 1. The second-order valence-corrected chi connectivity index (χ2v) is 14.5. The van der Waals surface area contributed by atoms with E-state index in [0.29, 0.717) is 23.9 Å². The number of esters is 2. The van der Waals surface area contributed by atoms with Gasteiger partial charge in [0.1, 0.15) is 29.6 Å². The maximum absolute atomic E-state index is 12.6. The molecule has 7 heteroatoms. The first kappa shape index (κ1) is 33.3. The number of hydrogen-bond donors (Lipinski definition) is 0. The summed E-state index contributed by atoms with van der Waals surface area (Å²) in [6.07, 6.45) is 5.95. The Morgan fingerprint density at radius 3 is 1.93 bits per heavy atom. The minimum absolute atomic E-state index is 0.291. The van der Waals surface area contributed by atoms with E-state index < -0.39 is 16.4 Å². The number of rotatable bonds is 8. The van der Waals surface area contributed by atoms with Crippen molar-refractivity contribution < 1.29 is 28.5 Å². The van der Waals surface area contributed by atoms with Crippen molar-refractivity contribution in [2.75, 3.05) is 26.2 Å². The second kappa shape index (κ2) is 13.3. The number of ether oxygens (including phenoxy) is 4. The molecule has 2 aliphatic heterocycles. The topological polar surface area (TPSA) is 74.3 Å². The van der Waals surface area contributed by atoms with Crippen molar-refractivity contribution in [2.45, 2.75) is 73.3 Å². The van der Waals surface area contributed by atoms with E-state index in [1.54, 1.807) is 12.1 Å². The molecule has 1 atom stereocenters. The summed E-state index contributed by atoms with van der Waals surface area (Å²) < 4.78 is 24.3. The maximum atomic E-state index is 12.6. The molecule has 0 N–H and O–H groups in total. The van der Waals surface area contributed by atoms with Gasteiger partial charge in [-0.05, 0) is 128 Å². The molecule has 0 bridgehead atoms. The number of benzene rings is 3. The van der Waals surface area contributed by atoms with Gasteiger partial charge in [0.25, 0.3) is 0 Å². The summed E-state index contributed by atoms with van der Waals surface area (Å²) in [6.45, 7) is 16.9. The zero-order valence-electron chi connectivity index (χ0n) is 28.3. The Labute approximate surface area is 273 Å². The maximum Gasteiger partial charge on any atom is 0.316 e. The molecule has 5 rings (SSSR count). The summed E-state index contributed by atoms with van der Waals surface area (Å²) in [5.41, 5.74) is 1.53. The Balaban J connectivity index is 1.43. The van der Waals surface area contributed by atoms with Crippen LogP contribution in [0.3, 0.4) is 0 Å². The van der Waals surface area contributed by atoms with Gasteiger partial charge in [0, 0.05) is 23.7 Å². The van der Waals surface area contributed by atoms with Crippen LogP contribution in [0.2, 0.25) is 0 Å². The largest absolute Gasteiger partial charge is 0.492 e. The predicted octanol–water partition coefficient (Wildman–Crippen LogP) is 8.30. The molecule has 3 aromatic rings. The van der Waals surface area contributed by atoms with E-state index in [0.717, 1.165) is 47.6 Å². The zero-order valence-corrected chi connectivity index (χ0v) is 28.3. The highest BCUT2D eigenvalue weighted by molar-refractivity contribution is 5.91. The van der Waals surface area contributed by atoms with E-state index in [-0.39, 0.29) is 11.9 Å². The molecule has 0 spiro atoms. The third-order valence-electron chi connectivity index (χ3n) is 8.45. The average molecular weight is 626 g/mol. The van der Waals surface area contributed by atoms with Gasteiger partial charge in [-0.15, -0.1) is 0 Å². The van der Waals surface area contributed by atoms with Crippen LogP contribution >= 0.6 is 0 Å². The minimum Gasteiger partial charge on any atom is -0.492 e. The second-order valence-electron chi connectivity index (χ2n) is 14.5. The van der Waals surface area contributed by atoms with Crippen LogP contribution in [0, 0.1) is 10.8 Å². The predicted molar refractivity (Wildman–Crippen MR) is 181 cm³/mol. The molecular formula is C39H47NO6. The van der Waals surface area contributed by atoms with Crippen molar-refractivity contribution in [3.63, 3.8) is 0 Å². The normalized spacial score (nSPS) is 18.5. The molecule has 0 amide bonds. The van der Waals surface area contributed by atoms with Crippen LogP contribution in [0.15, 0.2) is 66.7 Å². The molecule has 0 saturated carbocycles. The van der Waals surface area contributed by atoms with Crippen LogP contribution in [-0.4, -0.2) is 43.1 Å². The Hall–Kier alpha value is -4.10. The van der Waals surface area contributed by atoms with Gasteiger partial charge in [-0.2, -0.15) is 0 Å². The molecule has 0 aromatic heterocycles. The molecule has 0 aliphatic carbocycles. The van der Waals surface area contributed by atoms with E-state index in [1.807, 2.05) is 103 Å². The van der Waals surface area contributed by atoms with E-state index >= 15 is 0 Å². The van der Waals surface area contributed by atoms with E-state index in [2.05, 4.69) is 11.0 Å². The van der Waals surface area contributed by atoms with Gasteiger partial charge in [0.2, 0.25) is 0 Å². The van der Waals surface area contributed by atoms with Crippen LogP contribution < -0.4 is 18.9 Å². The monoisotopic (exact) mass is 625 g/mol. The first-order valence-electron chi connectivity index (χ1n) is 16.3. The van der Waals surface area contributed by atoms with Gasteiger partial charge < -0.3 is 18.9 Å². The molecule has 3 aromatic carbocycles. The SMILES string of the molecule is CC(C)(C)C(=O)Oc1ccc(C2=Cc3ccc(OC(=O)C(C)(C)C)cc3OC2(C)c2ccc(OCCN3CCCCC3)cc2)cc1. The number of fused-ring (bicyclic) bond motifs is 1.